The van der Waals surface area contributed by atoms with E-state index in [1.807, 2.05) is 13.0 Å². The molecule has 2 aromatic rings. The summed E-state index contributed by atoms with van der Waals surface area (Å²) in [6, 6.07) is 4.82. The van der Waals surface area contributed by atoms with E-state index in [1.165, 1.54) is 31.6 Å². The van der Waals surface area contributed by atoms with Crippen LogP contribution in [0.5, 0.6) is 11.5 Å². The van der Waals surface area contributed by atoms with Gasteiger partial charge in [0, 0.05) is 16.5 Å². The van der Waals surface area contributed by atoms with Gasteiger partial charge in [-0.25, -0.2) is 4.39 Å². The normalized spacial score (nSPS) is 12.3. The summed E-state index contributed by atoms with van der Waals surface area (Å²) in [6.45, 7) is 1.97. The molecule has 0 amide bonds. The molecular formula is C14H13BrClFO2S. The zero-order valence-corrected chi connectivity index (χ0v) is 14.3. The lowest BCUT2D eigenvalue weighted by Gasteiger charge is -2.13. The third-order valence-corrected chi connectivity index (χ3v) is 5.70. The van der Waals surface area contributed by atoms with Gasteiger partial charge in [-0.1, -0.05) is 0 Å². The minimum Gasteiger partial charge on any atom is -0.493 e. The van der Waals surface area contributed by atoms with Crippen LogP contribution in [0.3, 0.4) is 0 Å². The van der Waals surface area contributed by atoms with E-state index in [4.69, 9.17) is 21.1 Å². The van der Waals surface area contributed by atoms with Crippen molar-refractivity contribution in [2.45, 2.75) is 12.3 Å². The third-order valence-electron chi connectivity index (χ3n) is 2.90. The number of rotatable bonds is 4. The van der Waals surface area contributed by atoms with Crippen molar-refractivity contribution < 1.29 is 13.9 Å². The Hall–Kier alpha value is -0.780. The zero-order chi connectivity index (χ0) is 14.9. The summed E-state index contributed by atoms with van der Waals surface area (Å²) in [6.07, 6.45) is 0. The molecule has 0 aliphatic rings. The Morgan fingerprint density at radius 1 is 1.20 bits per heavy atom. The van der Waals surface area contributed by atoms with Crippen molar-refractivity contribution in [2.24, 2.45) is 0 Å². The number of hydrogen-bond donors (Lipinski definition) is 0. The highest BCUT2D eigenvalue weighted by molar-refractivity contribution is 9.11. The van der Waals surface area contributed by atoms with Gasteiger partial charge < -0.3 is 9.47 Å². The highest BCUT2D eigenvalue weighted by Gasteiger charge is 2.21. The molecule has 2 rings (SSSR count). The maximum Gasteiger partial charge on any atom is 0.163 e. The lowest BCUT2D eigenvalue weighted by Crippen LogP contribution is -1.99. The van der Waals surface area contributed by atoms with E-state index < -0.39 is 11.2 Å². The summed E-state index contributed by atoms with van der Waals surface area (Å²) in [5.41, 5.74) is 1.45. The molecule has 1 unspecified atom stereocenters. The number of hydrogen-bond acceptors (Lipinski definition) is 3. The minimum absolute atomic E-state index is 0.348. The zero-order valence-electron chi connectivity index (χ0n) is 11.2. The summed E-state index contributed by atoms with van der Waals surface area (Å²) in [7, 11) is 2.98. The average molecular weight is 380 g/mol. The van der Waals surface area contributed by atoms with Crippen LogP contribution in [0, 0.1) is 12.7 Å². The van der Waals surface area contributed by atoms with E-state index in [2.05, 4.69) is 15.9 Å². The molecule has 0 bridgehead atoms. The number of aryl methyl sites for hydroxylation is 1. The van der Waals surface area contributed by atoms with Crippen LogP contribution in [0.2, 0.25) is 0 Å². The second-order valence-corrected chi connectivity index (χ2v) is 7.03. The van der Waals surface area contributed by atoms with Crippen LogP contribution in [-0.2, 0) is 0 Å². The Morgan fingerprint density at radius 3 is 2.30 bits per heavy atom. The largest absolute Gasteiger partial charge is 0.493 e. The minimum atomic E-state index is -0.565. The van der Waals surface area contributed by atoms with Gasteiger partial charge in [0.2, 0.25) is 0 Å². The molecule has 20 heavy (non-hydrogen) atoms. The van der Waals surface area contributed by atoms with Crippen molar-refractivity contribution in [3.8, 4) is 11.5 Å². The van der Waals surface area contributed by atoms with Crippen molar-refractivity contribution in [2.75, 3.05) is 14.2 Å². The van der Waals surface area contributed by atoms with Gasteiger partial charge in [0.15, 0.2) is 11.5 Å². The number of methoxy groups -OCH3 is 2. The Bertz CT molecular complexity index is 610. The number of benzene rings is 1. The predicted octanol–water partition coefficient (Wildman–Crippen LogP) is 5.30. The fraction of sp³-hybridized carbons (Fsp3) is 0.286. The molecule has 1 atom stereocenters. The molecule has 108 valence electrons. The standard InChI is InChI=1S/C14H13BrClFO2S/c1-7-4-12(20-14(7)15)13(16)8-5-10(18-2)11(19-3)6-9(8)17/h4-6,13H,1-3H3. The van der Waals surface area contributed by atoms with Crippen LogP contribution in [-0.4, -0.2) is 14.2 Å². The van der Waals surface area contributed by atoms with Crippen LogP contribution >= 0.6 is 38.9 Å². The van der Waals surface area contributed by atoms with Crippen molar-refractivity contribution in [1.29, 1.82) is 0 Å². The van der Waals surface area contributed by atoms with Crippen LogP contribution < -0.4 is 9.47 Å². The van der Waals surface area contributed by atoms with Gasteiger partial charge in [0.1, 0.15) is 5.82 Å². The monoisotopic (exact) mass is 378 g/mol. The van der Waals surface area contributed by atoms with E-state index in [0.717, 1.165) is 14.2 Å². The molecular weight excluding hydrogens is 367 g/mol. The van der Waals surface area contributed by atoms with Gasteiger partial charge in [-0.2, -0.15) is 0 Å². The lowest BCUT2D eigenvalue weighted by molar-refractivity contribution is 0.351. The molecule has 6 heteroatoms. The van der Waals surface area contributed by atoms with E-state index >= 15 is 0 Å². The average Bonchev–Trinajstić information content (AvgIpc) is 2.77. The van der Waals surface area contributed by atoms with E-state index in [-0.39, 0.29) is 0 Å². The molecule has 1 heterocycles. The second-order valence-electron chi connectivity index (χ2n) is 4.20. The number of alkyl halides is 1. The highest BCUT2D eigenvalue weighted by Crippen LogP contribution is 2.41. The summed E-state index contributed by atoms with van der Waals surface area (Å²) < 4.78 is 25.4. The van der Waals surface area contributed by atoms with E-state index in [1.54, 1.807) is 6.07 Å². The molecule has 0 aliphatic carbocycles. The van der Waals surface area contributed by atoms with E-state index in [9.17, 15) is 4.39 Å². The van der Waals surface area contributed by atoms with Crippen LogP contribution in [0.4, 0.5) is 4.39 Å². The van der Waals surface area contributed by atoms with Crippen molar-refractivity contribution in [3.05, 3.63) is 43.8 Å². The van der Waals surface area contributed by atoms with Gasteiger partial charge in [0.25, 0.3) is 0 Å². The predicted molar refractivity (Wildman–Crippen MR) is 84.0 cm³/mol. The topological polar surface area (TPSA) is 18.5 Å². The van der Waals surface area contributed by atoms with Gasteiger partial charge in [-0.3, -0.25) is 0 Å². The Kier molecular flexibility index (Phi) is 4.94. The first kappa shape index (κ1) is 15.6. The molecule has 0 radical (unpaired) electrons. The maximum absolute atomic E-state index is 14.2. The van der Waals surface area contributed by atoms with Crippen molar-refractivity contribution in [3.63, 3.8) is 0 Å². The van der Waals surface area contributed by atoms with Gasteiger partial charge in [-0.15, -0.1) is 22.9 Å². The lowest BCUT2D eigenvalue weighted by atomic mass is 10.1. The number of thiophene rings is 1. The van der Waals surface area contributed by atoms with Crippen molar-refractivity contribution >= 4 is 38.9 Å². The Labute approximate surface area is 134 Å². The molecule has 0 saturated heterocycles. The smallest absolute Gasteiger partial charge is 0.163 e. The van der Waals surface area contributed by atoms with E-state index in [0.29, 0.717) is 17.1 Å². The molecule has 0 N–H and O–H groups in total. The molecule has 2 nitrogen and oxygen atoms in total. The fourth-order valence-corrected chi connectivity index (χ4v) is 3.76. The Balaban J connectivity index is 2.46. The summed E-state index contributed by atoms with van der Waals surface area (Å²) in [5, 5.41) is -0.565. The summed E-state index contributed by atoms with van der Waals surface area (Å²) >= 11 is 11.3. The van der Waals surface area contributed by atoms with Crippen LogP contribution in [0.25, 0.3) is 0 Å². The first-order chi connectivity index (χ1) is 9.47. The fourth-order valence-electron chi connectivity index (χ4n) is 1.83. The van der Waals surface area contributed by atoms with Gasteiger partial charge in [0.05, 0.1) is 23.4 Å². The second kappa shape index (κ2) is 6.33. The SMILES string of the molecule is COc1cc(F)c(C(Cl)c2cc(C)c(Br)s2)cc1OC. The molecule has 1 aromatic carbocycles. The summed E-state index contributed by atoms with van der Waals surface area (Å²) in [5.74, 6) is 0.396. The molecule has 1 aromatic heterocycles. The molecule has 0 fully saturated rings. The third kappa shape index (κ3) is 2.95. The summed E-state index contributed by atoms with van der Waals surface area (Å²) in [4.78, 5) is 0.877. The Morgan fingerprint density at radius 2 is 1.80 bits per heavy atom. The first-order valence-corrected chi connectivity index (χ1v) is 7.83. The van der Waals surface area contributed by atoms with Gasteiger partial charge in [-0.05, 0) is 40.5 Å². The van der Waals surface area contributed by atoms with Crippen LogP contribution in [0.15, 0.2) is 22.0 Å². The quantitative estimate of drug-likeness (QED) is 0.671. The van der Waals surface area contributed by atoms with Crippen molar-refractivity contribution in [1.82, 2.24) is 0 Å². The highest BCUT2D eigenvalue weighted by atomic mass is 79.9. The maximum atomic E-state index is 14.2. The van der Waals surface area contributed by atoms with Gasteiger partial charge >= 0.3 is 0 Å². The number of halogens is 3. The first-order valence-electron chi connectivity index (χ1n) is 5.79. The molecule has 0 aliphatic heterocycles. The van der Waals surface area contributed by atoms with Crippen LogP contribution in [0.1, 0.15) is 21.4 Å². The number of ether oxygens (including phenoxy) is 2. The molecule has 0 saturated carbocycles. The molecule has 0 spiro atoms.